The maximum Gasteiger partial charge on any atom is 0.0897 e. The van der Waals surface area contributed by atoms with E-state index in [1.807, 2.05) is 0 Å². The number of aliphatic hydroxyl groups excluding tert-OH is 1. The largest absolute Gasteiger partial charge is 0.389 e. The molecule has 0 aliphatic heterocycles. The van der Waals surface area contributed by atoms with Crippen LogP contribution in [0.15, 0.2) is 0 Å². The lowest BCUT2D eigenvalue weighted by Gasteiger charge is -2.12. The van der Waals surface area contributed by atoms with Crippen LogP contribution in [0.4, 0.5) is 0 Å². The molecule has 0 aromatic carbocycles. The normalized spacial score (nSPS) is 12.8. The van der Waals surface area contributed by atoms with Gasteiger partial charge in [0.1, 0.15) is 0 Å². The van der Waals surface area contributed by atoms with Gasteiger partial charge in [0.2, 0.25) is 0 Å². The Morgan fingerprint density at radius 2 is 1.83 bits per heavy atom. The van der Waals surface area contributed by atoms with E-state index < -0.39 is 6.10 Å². The molecule has 0 radical (unpaired) electrons. The Morgan fingerprint density at radius 3 is 2.56 bits per heavy atom. The third-order valence-electron chi connectivity index (χ3n) is 2.41. The maximum absolute atomic E-state index is 9.59. The van der Waals surface area contributed by atoms with Gasteiger partial charge in [-0.1, -0.05) is 13.3 Å². The van der Waals surface area contributed by atoms with Gasteiger partial charge in [0.05, 0.1) is 25.9 Å². The Labute approximate surface area is 111 Å². The average Bonchev–Trinajstić information content (AvgIpc) is 2.37. The van der Waals surface area contributed by atoms with Crippen LogP contribution in [0.1, 0.15) is 26.2 Å². The summed E-state index contributed by atoms with van der Waals surface area (Å²) >= 11 is 0. The van der Waals surface area contributed by atoms with Gasteiger partial charge in [-0.3, -0.25) is 0 Å². The van der Waals surface area contributed by atoms with Gasteiger partial charge in [-0.05, 0) is 19.4 Å². The number of methoxy groups -OCH3 is 1. The van der Waals surface area contributed by atoms with Crippen molar-refractivity contribution in [1.82, 2.24) is 5.32 Å². The van der Waals surface area contributed by atoms with Crippen LogP contribution >= 0.6 is 0 Å². The van der Waals surface area contributed by atoms with Crippen molar-refractivity contribution in [2.75, 3.05) is 53.2 Å². The first-order chi connectivity index (χ1) is 8.81. The van der Waals surface area contributed by atoms with E-state index >= 15 is 0 Å². The van der Waals surface area contributed by atoms with Crippen molar-refractivity contribution < 1.29 is 19.3 Å². The minimum absolute atomic E-state index is 0.356. The molecule has 18 heavy (non-hydrogen) atoms. The van der Waals surface area contributed by atoms with Crippen LogP contribution in [0, 0.1) is 0 Å². The lowest BCUT2D eigenvalue weighted by Crippen LogP contribution is -2.31. The predicted octanol–water partition coefficient (Wildman–Crippen LogP) is 0.807. The second kappa shape index (κ2) is 14.9. The van der Waals surface area contributed by atoms with Crippen molar-refractivity contribution in [2.24, 2.45) is 0 Å². The molecule has 0 bridgehead atoms. The standard InChI is InChI=1S/C13H29NO4/c1-3-4-8-17-9-10-18-12-13(15)11-14-6-5-7-16-2/h13-15H,3-12H2,1-2H3. The Hall–Kier alpha value is -0.200. The molecule has 0 aromatic rings. The highest BCUT2D eigenvalue weighted by molar-refractivity contribution is 4.58. The van der Waals surface area contributed by atoms with Crippen LogP contribution in [-0.4, -0.2) is 64.4 Å². The summed E-state index contributed by atoms with van der Waals surface area (Å²) in [6.45, 7) is 6.59. The van der Waals surface area contributed by atoms with E-state index in [4.69, 9.17) is 14.2 Å². The van der Waals surface area contributed by atoms with E-state index in [1.165, 1.54) is 0 Å². The Morgan fingerprint density at radius 1 is 1.06 bits per heavy atom. The molecule has 0 saturated heterocycles. The van der Waals surface area contributed by atoms with Gasteiger partial charge in [-0.25, -0.2) is 0 Å². The Bertz CT molecular complexity index is 158. The molecule has 0 heterocycles. The minimum Gasteiger partial charge on any atom is -0.389 e. The quantitative estimate of drug-likeness (QED) is 0.454. The van der Waals surface area contributed by atoms with E-state index in [0.29, 0.717) is 26.4 Å². The van der Waals surface area contributed by atoms with Crippen LogP contribution in [-0.2, 0) is 14.2 Å². The highest BCUT2D eigenvalue weighted by Crippen LogP contribution is 1.89. The topological polar surface area (TPSA) is 60.0 Å². The molecule has 110 valence electrons. The summed E-state index contributed by atoms with van der Waals surface area (Å²) in [6.07, 6.45) is 2.74. The van der Waals surface area contributed by atoms with Crippen LogP contribution in [0.5, 0.6) is 0 Å². The van der Waals surface area contributed by atoms with E-state index in [2.05, 4.69) is 12.2 Å². The predicted molar refractivity (Wildman–Crippen MR) is 71.9 cm³/mol. The molecule has 0 amide bonds. The number of ether oxygens (including phenoxy) is 3. The van der Waals surface area contributed by atoms with Gasteiger partial charge < -0.3 is 24.6 Å². The van der Waals surface area contributed by atoms with E-state index in [-0.39, 0.29) is 0 Å². The summed E-state index contributed by atoms with van der Waals surface area (Å²) < 4.78 is 15.6. The highest BCUT2D eigenvalue weighted by atomic mass is 16.5. The molecular weight excluding hydrogens is 234 g/mol. The number of rotatable bonds is 14. The molecule has 0 saturated carbocycles. The Kier molecular flexibility index (Phi) is 14.7. The number of aliphatic hydroxyl groups is 1. The van der Waals surface area contributed by atoms with E-state index in [1.54, 1.807) is 7.11 Å². The fraction of sp³-hybridized carbons (Fsp3) is 1.00. The molecule has 5 heteroatoms. The minimum atomic E-state index is -0.455. The van der Waals surface area contributed by atoms with Crippen molar-refractivity contribution in [3.63, 3.8) is 0 Å². The van der Waals surface area contributed by atoms with Crippen LogP contribution in [0.2, 0.25) is 0 Å². The lowest BCUT2D eigenvalue weighted by atomic mass is 10.3. The third kappa shape index (κ3) is 13.9. The molecule has 0 rings (SSSR count). The van der Waals surface area contributed by atoms with Crippen molar-refractivity contribution in [2.45, 2.75) is 32.3 Å². The van der Waals surface area contributed by atoms with Crippen LogP contribution in [0.25, 0.3) is 0 Å². The summed E-state index contributed by atoms with van der Waals surface area (Å²) in [7, 11) is 1.69. The van der Waals surface area contributed by atoms with Crippen LogP contribution in [0.3, 0.4) is 0 Å². The van der Waals surface area contributed by atoms with Gasteiger partial charge >= 0.3 is 0 Å². The molecule has 0 fully saturated rings. The Balaban J connectivity index is 3.09. The van der Waals surface area contributed by atoms with Crippen LogP contribution < -0.4 is 5.32 Å². The van der Waals surface area contributed by atoms with E-state index in [0.717, 1.165) is 39.0 Å². The second-order valence-electron chi connectivity index (χ2n) is 4.25. The summed E-state index contributed by atoms with van der Waals surface area (Å²) in [5.74, 6) is 0. The molecule has 1 atom stereocenters. The molecule has 0 aliphatic rings. The number of nitrogens with one attached hydrogen (secondary N) is 1. The summed E-state index contributed by atoms with van der Waals surface area (Å²) in [6, 6.07) is 0. The fourth-order valence-electron chi connectivity index (χ4n) is 1.35. The van der Waals surface area contributed by atoms with Gasteiger partial charge in [0.15, 0.2) is 0 Å². The van der Waals surface area contributed by atoms with Crippen molar-refractivity contribution in [3.05, 3.63) is 0 Å². The number of hydrogen-bond donors (Lipinski definition) is 2. The molecule has 0 aromatic heterocycles. The summed E-state index contributed by atoms with van der Waals surface area (Å²) in [4.78, 5) is 0. The zero-order valence-electron chi connectivity index (χ0n) is 11.8. The van der Waals surface area contributed by atoms with Gasteiger partial charge in [0.25, 0.3) is 0 Å². The summed E-state index contributed by atoms with van der Waals surface area (Å²) in [5, 5.41) is 12.7. The molecule has 5 nitrogen and oxygen atoms in total. The van der Waals surface area contributed by atoms with Gasteiger partial charge in [-0.2, -0.15) is 0 Å². The second-order valence-corrected chi connectivity index (χ2v) is 4.25. The zero-order valence-corrected chi connectivity index (χ0v) is 11.8. The highest BCUT2D eigenvalue weighted by Gasteiger charge is 2.03. The molecular formula is C13H29NO4. The number of hydrogen-bond acceptors (Lipinski definition) is 5. The van der Waals surface area contributed by atoms with Gasteiger partial charge in [-0.15, -0.1) is 0 Å². The van der Waals surface area contributed by atoms with Crippen molar-refractivity contribution >= 4 is 0 Å². The monoisotopic (exact) mass is 263 g/mol. The smallest absolute Gasteiger partial charge is 0.0897 e. The third-order valence-corrected chi connectivity index (χ3v) is 2.41. The fourth-order valence-corrected chi connectivity index (χ4v) is 1.35. The van der Waals surface area contributed by atoms with E-state index in [9.17, 15) is 5.11 Å². The molecule has 0 spiro atoms. The first-order valence-corrected chi connectivity index (χ1v) is 6.84. The molecule has 2 N–H and O–H groups in total. The van der Waals surface area contributed by atoms with Crippen molar-refractivity contribution in [1.29, 1.82) is 0 Å². The number of unbranched alkanes of at least 4 members (excludes halogenated alkanes) is 1. The first-order valence-electron chi connectivity index (χ1n) is 6.84. The molecule has 0 aliphatic carbocycles. The van der Waals surface area contributed by atoms with Crippen molar-refractivity contribution in [3.8, 4) is 0 Å². The average molecular weight is 263 g/mol. The first kappa shape index (κ1) is 17.8. The van der Waals surface area contributed by atoms with Gasteiger partial charge in [0, 0.05) is 26.9 Å². The zero-order chi connectivity index (χ0) is 13.5. The SMILES string of the molecule is CCCCOCCOCC(O)CNCCCOC. The summed E-state index contributed by atoms with van der Waals surface area (Å²) in [5.41, 5.74) is 0. The lowest BCUT2D eigenvalue weighted by molar-refractivity contribution is 0.00388. The maximum atomic E-state index is 9.59. The molecule has 1 unspecified atom stereocenters.